The molecule has 1 aromatic carbocycles. The summed E-state index contributed by atoms with van der Waals surface area (Å²) in [6.45, 7) is 4.96. The second kappa shape index (κ2) is 6.21. The van der Waals surface area contributed by atoms with Crippen LogP contribution in [0, 0.1) is 5.92 Å². The molecule has 0 saturated carbocycles. The van der Waals surface area contributed by atoms with E-state index in [1.54, 1.807) is 12.1 Å². The lowest BCUT2D eigenvalue weighted by Crippen LogP contribution is -2.09. The highest BCUT2D eigenvalue weighted by Gasteiger charge is 2.08. The molecule has 16 heavy (non-hydrogen) atoms. The second-order valence-electron chi connectivity index (χ2n) is 4.01. The number of benzene rings is 1. The van der Waals surface area contributed by atoms with Gasteiger partial charge in [-0.05, 0) is 18.4 Å². The molecule has 1 rings (SSSR count). The molecule has 0 aromatic heterocycles. The van der Waals surface area contributed by atoms with Crippen LogP contribution < -0.4 is 10.5 Å². The maximum absolute atomic E-state index is 5.89. The lowest BCUT2D eigenvalue weighted by molar-refractivity contribution is 0.253. The van der Waals surface area contributed by atoms with Crippen molar-refractivity contribution in [2.45, 2.75) is 26.7 Å². The number of nitrogen functional groups attached to an aromatic ring is 1. The molecular formula is C12H17Cl2NO. The van der Waals surface area contributed by atoms with E-state index in [2.05, 4.69) is 13.8 Å². The maximum atomic E-state index is 5.89. The fraction of sp³-hybridized carbons (Fsp3) is 0.500. The van der Waals surface area contributed by atoms with Crippen molar-refractivity contribution in [1.82, 2.24) is 0 Å². The van der Waals surface area contributed by atoms with Crippen LogP contribution >= 0.6 is 23.2 Å². The summed E-state index contributed by atoms with van der Waals surface area (Å²) < 4.78 is 5.62. The van der Waals surface area contributed by atoms with Crippen LogP contribution in [0.2, 0.25) is 10.0 Å². The van der Waals surface area contributed by atoms with E-state index in [-0.39, 0.29) is 0 Å². The first kappa shape index (κ1) is 13.5. The summed E-state index contributed by atoms with van der Waals surface area (Å²) in [5.74, 6) is 1.12. The smallest absolute Gasteiger partial charge is 0.143 e. The predicted molar refractivity (Wildman–Crippen MR) is 70.4 cm³/mol. The zero-order chi connectivity index (χ0) is 12.1. The van der Waals surface area contributed by atoms with Gasteiger partial charge in [0.1, 0.15) is 5.75 Å². The van der Waals surface area contributed by atoms with E-state index in [9.17, 15) is 0 Å². The van der Waals surface area contributed by atoms with Crippen molar-refractivity contribution >= 4 is 28.9 Å². The third kappa shape index (κ3) is 3.76. The predicted octanol–water partition coefficient (Wildman–Crippen LogP) is 4.39. The molecule has 0 amide bonds. The lowest BCUT2D eigenvalue weighted by atomic mass is 10.1. The molecule has 4 heteroatoms. The van der Waals surface area contributed by atoms with E-state index >= 15 is 0 Å². The van der Waals surface area contributed by atoms with E-state index < -0.39 is 0 Å². The second-order valence-corrected chi connectivity index (χ2v) is 4.82. The van der Waals surface area contributed by atoms with Gasteiger partial charge in [0.05, 0.1) is 22.3 Å². The number of nitrogens with two attached hydrogens (primary N) is 1. The zero-order valence-corrected chi connectivity index (χ0v) is 11.1. The van der Waals surface area contributed by atoms with Crippen LogP contribution in [0.1, 0.15) is 26.7 Å². The summed E-state index contributed by atoms with van der Waals surface area (Å²) in [6.07, 6.45) is 2.29. The van der Waals surface area contributed by atoms with Gasteiger partial charge in [0.2, 0.25) is 0 Å². The van der Waals surface area contributed by atoms with Crippen LogP contribution in [0.4, 0.5) is 5.69 Å². The topological polar surface area (TPSA) is 35.2 Å². The molecule has 1 unspecified atom stereocenters. The summed E-state index contributed by atoms with van der Waals surface area (Å²) in [7, 11) is 0. The van der Waals surface area contributed by atoms with Crippen molar-refractivity contribution in [3.8, 4) is 5.75 Å². The van der Waals surface area contributed by atoms with E-state index in [1.165, 1.54) is 0 Å². The Hall–Kier alpha value is -0.600. The normalized spacial score (nSPS) is 12.5. The Labute approximate surface area is 107 Å². The molecule has 0 radical (unpaired) electrons. The average molecular weight is 262 g/mol. The van der Waals surface area contributed by atoms with Gasteiger partial charge in [-0.1, -0.05) is 43.5 Å². The van der Waals surface area contributed by atoms with Crippen LogP contribution in [0.25, 0.3) is 0 Å². The molecule has 0 saturated heterocycles. The Morgan fingerprint density at radius 1 is 1.31 bits per heavy atom. The summed E-state index contributed by atoms with van der Waals surface area (Å²) in [5.41, 5.74) is 6.31. The molecule has 0 heterocycles. The lowest BCUT2D eigenvalue weighted by Gasteiger charge is -2.14. The molecule has 0 bridgehead atoms. The fourth-order valence-electron chi connectivity index (χ4n) is 1.48. The Morgan fingerprint density at radius 2 is 1.94 bits per heavy atom. The molecular weight excluding hydrogens is 245 g/mol. The van der Waals surface area contributed by atoms with E-state index in [0.717, 1.165) is 12.8 Å². The highest BCUT2D eigenvalue weighted by Crippen LogP contribution is 2.32. The number of anilines is 1. The van der Waals surface area contributed by atoms with Crippen molar-refractivity contribution in [2.24, 2.45) is 5.92 Å². The average Bonchev–Trinajstić information content (AvgIpc) is 2.22. The Morgan fingerprint density at radius 3 is 2.56 bits per heavy atom. The van der Waals surface area contributed by atoms with Crippen LogP contribution in [-0.2, 0) is 0 Å². The van der Waals surface area contributed by atoms with Gasteiger partial charge in [0.25, 0.3) is 0 Å². The fourth-order valence-corrected chi connectivity index (χ4v) is 1.80. The molecule has 0 aliphatic heterocycles. The summed E-state index contributed by atoms with van der Waals surface area (Å²) in [4.78, 5) is 0. The molecule has 2 nitrogen and oxygen atoms in total. The van der Waals surface area contributed by atoms with E-state index in [4.69, 9.17) is 33.7 Å². The van der Waals surface area contributed by atoms with Crippen LogP contribution in [0.3, 0.4) is 0 Å². The number of rotatable bonds is 5. The number of hydrogen-bond donors (Lipinski definition) is 1. The number of ether oxygens (including phenoxy) is 1. The third-order valence-electron chi connectivity index (χ3n) is 2.36. The summed E-state index contributed by atoms with van der Waals surface area (Å²) >= 11 is 11.7. The highest BCUT2D eigenvalue weighted by molar-refractivity contribution is 6.42. The van der Waals surface area contributed by atoms with Crippen molar-refractivity contribution in [3.63, 3.8) is 0 Å². The van der Waals surface area contributed by atoms with Gasteiger partial charge in [-0.2, -0.15) is 0 Å². The zero-order valence-electron chi connectivity index (χ0n) is 9.59. The Balaban J connectivity index is 2.63. The molecule has 0 aliphatic carbocycles. The summed E-state index contributed by atoms with van der Waals surface area (Å²) in [5, 5.41) is 0.919. The number of halogens is 2. The van der Waals surface area contributed by atoms with Gasteiger partial charge in [-0.15, -0.1) is 0 Å². The van der Waals surface area contributed by atoms with Crippen molar-refractivity contribution in [3.05, 3.63) is 22.2 Å². The standard InChI is InChI=1S/C12H17Cl2NO/c1-3-4-8(2)7-16-12-6-10(14)9(13)5-11(12)15/h5-6,8H,3-4,7,15H2,1-2H3. The Kier molecular flexibility index (Phi) is 5.23. The molecule has 90 valence electrons. The molecule has 1 aromatic rings. The Bertz CT molecular complexity index is 355. The van der Waals surface area contributed by atoms with Crippen LogP contribution in [0.15, 0.2) is 12.1 Å². The first-order chi connectivity index (χ1) is 7.54. The van der Waals surface area contributed by atoms with Crippen molar-refractivity contribution in [1.29, 1.82) is 0 Å². The largest absolute Gasteiger partial charge is 0.491 e. The highest BCUT2D eigenvalue weighted by atomic mass is 35.5. The first-order valence-electron chi connectivity index (χ1n) is 5.42. The SMILES string of the molecule is CCCC(C)COc1cc(Cl)c(Cl)cc1N. The van der Waals surface area contributed by atoms with Crippen molar-refractivity contribution < 1.29 is 4.74 Å². The van der Waals surface area contributed by atoms with Crippen LogP contribution in [-0.4, -0.2) is 6.61 Å². The van der Waals surface area contributed by atoms with E-state index in [0.29, 0.717) is 34.0 Å². The van der Waals surface area contributed by atoms with Gasteiger partial charge in [-0.3, -0.25) is 0 Å². The quantitative estimate of drug-likeness (QED) is 0.798. The minimum absolute atomic E-state index is 0.452. The minimum atomic E-state index is 0.452. The van der Waals surface area contributed by atoms with Gasteiger partial charge >= 0.3 is 0 Å². The molecule has 0 fully saturated rings. The van der Waals surface area contributed by atoms with E-state index in [1.807, 2.05) is 0 Å². The monoisotopic (exact) mass is 261 g/mol. The third-order valence-corrected chi connectivity index (χ3v) is 3.08. The van der Waals surface area contributed by atoms with Crippen LogP contribution in [0.5, 0.6) is 5.75 Å². The van der Waals surface area contributed by atoms with Gasteiger partial charge in [0, 0.05) is 6.07 Å². The molecule has 1 atom stereocenters. The van der Waals surface area contributed by atoms with Crippen molar-refractivity contribution in [2.75, 3.05) is 12.3 Å². The molecule has 0 spiro atoms. The van der Waals surface area contributed by atoms with Gasteiger partial charge < -0.3 is 10.5 Å². The molecule has 2 N–H and O–H groups in total. The van der Waals surface area contributed by atoms with Gasteiger partial charge in [-0.25, -0.2) is 0 Å². The summed E-state index contributed by atoms with van der Waals surface area (Å²) in [6, 6.07) is 3.28. The minimum Gasteiger partial charge on any atom is -0.491 e. The molecule has 0 aliphatic rings. The number of hydrogen-bond acceptors (Lipinski definition) is 2. The maximum Gasteiger partial charge on any atom is 0.143 e. The van der Waals surface area contributed by atoms with Gasteiger partial charge in [0.15, 0.2) is 0 Å². The first-order valence-corrected chi connectivity index (χ1v) is 6.17.